The van der Waals surface area contributed by atoms with E-state index in [4.69, 9.17) is 16.3 Å². The Balaban J connectivity index is 2.90. The van der Waals surface area contributed by atoms with Crippen molar-refractivity contribution in [2.45, 2.75) is 13.0 Å². The molecule has 92 valence electrons. The number of carbonyl (C=O) groups excluding carboxylic acids is 1. The van der Waals surface area contributed by atoms with E-state index >= 15 is 0 Å². The Morgan fingerprint density at radius 1 is 1.53 bits per heavy atom. The van der Waals surface area contributed by atoms with Crippen LogP contribution in [0.2, 0.25) is 5.02 Å². The van der Waals surface area contributed by atoms with Gasteiger partial charge in [-0.3, -0.25) is 0 Å². The predicted molar refractivity (Wildman–Crippen MR) is 75.1 cm³/mol. The third-order valence-electron chi connectivity index (χ3n) is 2.11. The average Bonchev–Trinajstić information content (AvgIpc) is 2.31. The minimum atomic E-state index is -0.997. The molecule has 0 aromatic heterocycles. The second kappa shape index (κ2) is 6.98. The number of halogens is 2. The largest absolute Gasteiger partial charge is 0.463 e. The second-order valence-corrected chi connectivity index (χ2v) is 4.30. The molecule has 3 nitrogen and oxygen atoms in total. The van der Waals surface area contributed by atoms with Gasteiger partial charge in [0.25, 0.3) is 0 Å². The number of carbonyl (C=O) groups is 1. The molecular formula is C12H12ClIO3. The summed E-state index contributed by atoms with van der Waals surface area (Å²) < 4.78 is 6.39. The highest BCUT2D eigenvalue weighted by atomic mass is 127. The number of hydrogen-bond donors (Lipinski definition) is 1. The summed E-state index contributed by atoms with van der Waals surface area (Å²) in [5.74, 6) is -0.510. The van der Waals surface area contributed by atoms with E-state index in [0.29, 0.717) is 10.6 Å². The van der Waals surface area contributed by atoms with E-state index in [9.17, 15) is 9.90 Å². The zero-order valence-electron chi connectivity index (χ0n) is 9.19. The van der Waals surface area contributed by atoms with Gasteiger partial charge >= 0.3 is 5.97 Å². The van der Waals surface area contributed by atoms with Crippen molar-refractivity contribution in [1.29, 1.82) is 0 Å². The molecule has 0 fully saturated rings. The fraction of sp³-hybridized carbons (Fsp3) is 0.250. The standard InChI is InChI=1S/C12H12ClIO3/c1-2-17-12(16)10(7-14)11(15)8-3-5-9(13)6-4-8/h3-7,11,15H,2H2,1H3/b10-7-/t11-/m1/s1. The van der Waals surface area contributed by atoms with Crippen LogP contribution in [0.1, 0.15) is 18.6 Å². The quantitative estimate of drug-likeness (QED) is 0.505. The van der Waals surface area contributed by atoms with Gasteiger partial charge in [-0.05, 0) is 28.7 Å². The molecule has 1 rings (SSSR count). The topological polar surface area (TPSA) is 46.5 Å². The van der Waals surface area contributed by atoms with E-state index in [-0.39, 0.29) is 12.2 Å². The van der Waals surface area contributed by atoms with Crippen LogP contribution in [-0.2, 0) is 9.53 Å². The molecule has 0 aliphatic rings. The van der Waals surface area contributed by atoms with Crippen LogP contribution in [0, 0.1) is 0 Å². The summed E-state index contributed by atoms with van der Waals surface area (Å²) in [7, 11) is 0. The monoisotopic (exact) mass is 366 g/mol. The summed E-state index contributed by atoms with van der Waals surface area (Å²) in [5.41, 5.74) is 0.820. The van der Waals surface area contributed by atoms with Gasteiger partial charge in [0.2, 0.25) is 0 Å². The molecule has 1 atom stereocenters. The Labute approximate surface area is 119 Å². The number of benzene rings is 1. The average molecular weight is 367 g/mol. The number of ether oxygens (including phenoxy) is 1. The first kappa shape index (κ1) is 14.5. The molecule has 0 aliphatic carbocycles. The van der Waals surface area contributed by atoms with Crippen LogP contribution in [0.4, 0.5) is 0 Å². The molecule has 0 unspecified atom stereocenters. The van der Waals surface area contributed by atoms with Gasteiger partial charge in [0.1, 0.15) is 6.10 Å². The smallest absolute Gasteiger partial charge is 0.337 e. The second-order valence-electron chi connectivity index (χ2n) is 3.24. The minimum Gasteiger partial charge on any atom is -0.463 e. The zero-order valence-corrected chi connectivity index (χ0v) is 12.1. The molecule has 0 spiro atoms. The van der Waals surface area contributed by atoms with Crippen molar-refractivity contribution < 1.29 is 14.6 Å². The lowest BCUT2D eigenvalue weighted by Gasteiger charge is -2.13. The fourth-order valence-corrected chi connectivity index (χ4v) is 1.98. The van der Waals surface area contributed by atoms with E-state index in [1.807, 2.05) is 22.6 Å². The first-order chi connectivity index (χ1) is 8.10. The normalized spacial score (nSPS) is 13.3. The number of aliphatic hydroxyl groups excluding tert-OH is 1. The van der Waals surface area contributed by atoms with E-state index in [1.165, 1.54) is 4.08 Å². The molecular weight excluding hydrogens is 354 g/mol. The number of esters is 1. The molecule has 0 radical (unpaired) electrons. The Morgan fingerprint density at radius 3 is 2.59 bits per heavy atom. The lowest BCUT2D eigenvalue weighted by atomic mass is 10.0. The molecule has 5 heteroatoms. The maximum Gasteiger partial charge on any atom is 0.337 e. The van der Waals surface area contributed by atoms with Crippen LogP contribution in [0.15, 0.2) is 33.9 Å². The lowest BCUT2D eigenvalue weighted by Crippen LogP contribution is -2.14. The summed E-state index contributed by atoms with van der Waals surface area (Å²) in [4.78, 5) is 11.6. The highest BCUT2D eigenvalue weighted by Crippen LogP contribution is 2.25. The minimum absolute atomic E-state index is 0.217. The van der Waals surface area contributed by atoms with Gasteiger partial charge in [-0.1, -0.05) is 46.3 Å². The van der Waals surface area contributed by atoms with Gasteiger partial charge in [0.05, 0.1) is 12.2 Å². The molecule has 0 saturated carbocycles. The predicted octanol–water partition coefficient (Wildman–Crippen LogP) is 3.26. The van der Waals surface area contributed by atoms with Crippen LogP contribution >= 0.6 is 34.2 Å². The van der Waals surface area contributed by atoms with E-state index in [1.54, 1.807) is 31.2 Å². The van der Waals surface area contributed by atoms with Crippen molar-refractivity contribution in [2.75, 3.05) is 6.61 Å². The van der Waals surface area contributed by atoms with Crippen LogP contribution in [0.5, 0.6) is 0 Å². The Bertz CT molecular complexity index is 414. The number of rotatable bonds is 4. The number of aliphatic hydroxyl groups is 1. The van der Waals surface area contributed by atoms with Crippen molar-refractivity contribution in [3.63, 3.8) is 0 Å². The van der Waals surface area contributed by atoms with Gasteiger partial charge in [0, 0.05) is 5.02 Å². The maximum absolute atomic E-state index is 11.6. The SMILES string of the molecule is CCOC(=O)/C(=C\I)[C@H](O)c1ccc(Cl)cc1. The van der Waals surface area contributed by atoms with E-state index < -0.39 is 12.1 Å². The Hall–Kier alpha value is -0.590. The summed E-state index contributed by atoms with van der Waals surface area (Å²) in [6, 6.07) is 6.67. The summed E-state index contributed by atoms with van der Waals surface area (Å²) in [5, 5.41) is 10.6. The van der Waals surface area contributed by atoms with Gasteiger partial charge in [-0.2, -0.15) is 0 Å². The Kier molecular flexibility index (Phi) is 5.94. The Morgan fingerprint density at radius 2 is 2.12 bits per heavy atom. The van der Waals surface area contributed by atoms with Crippen molar-refractivity contribution in [2.24, 2.45) is 0 Å². The van der Waals surface area contributed by atoms with Gasteiger partial charge in [-0.15, -0.1) is 0 Å². The molecule has 1 aromatic carbocycles. The van der Waals surface area contributed by atoms with Crippen molar-refractivity contribution in [3.05, 3.63) is 44.5 Å². The van der Waals surface area contributed by atoms with Gasteiger partial charge < -0.3 is 9.84 Å². The highest BCUT2D eigenvalue weighted by Gasteiger charge is 2.20. The lowest BCUT2D eigenvalue weighted by molar-refractivity contribution is -0.139. The number of hydrogen-bond acceptors (Lipinski definition) is 3. The van der Waals surface area contributed by atoms with Crippen molar-refractivity contribution in [3.8, 4) is 0 Å². The highest BCUT2D eigenvalue weighted by molar-refractivity contribution is 14.1. The third-order valence-corrected chi connectivity index (χ3v) is 3.03. The third kappa shape index (κ3) is 3.97. The molecule has 1 N–H and O–H groups in total. The van der Waals surface area contributed by atoms with E-state index in [2.05, 4.69) is 0 Å². The molecule has 17 heavy (non-hydrogen) atoms. The summed E-state index contributed by atoms with van der Waals surface area (Å²) in [6.07, 6.45) is -0.997. The van der Waals surface area contributed by atoms with Crippen LogP contribution in [0.3, 0.4) is 0 Å². The van der Waals surface area contributed by atoms with E-state index in [0.717, 1.165) is 0 Å². The van der Waals surface area contributed by atoms with Crippen LogP contribution in [-0.4, -0.2) is 17.7 Å². The van der Waals surface area contributed by atoms with Crippen molar-refractivity contribution in [1.82, 2.24) is 0 Å². The summed E-state index contributed by atoms with van der Waals surface area (Å²) in [6.45, 7) is 2.00. The molecule has 0 heterocycles. The van der Waals surface area contributed by atoms with Crippen LogP contribution in [0.25, 0.3) is 0 Å². The maximum atomic E-state index is 11.6. The van der Waals surface area contributed by atoms with Gasteiger partial charge in [0.15, 0.2) is 0 Å². The molecule has 0 amide bonds. The molecule has 1 aromatic rings. The van der Waals surface area contributed by atoms with Gasteiger partial charge in [-0.25, -0.2) is 4.79 Å². The van der Waals surface area contributed by atoms with Crippen molar-refractivity contribution >= 4 is 40.2 Å². The molecule has 0 bridgehead atoms. The first-order valence-corrected chi connectivity index (χ1v) is 6.63. The van der Waals surface area contributed by atoms with Crippen LogP contribution < -0.4 is 0 Å². The molecule has 0 saturated heterocycles. The zero-order chi connectivity index (χ0) is 12.8. The molecule has 0 aliphatic heterocycles. The first-order valence-electron chi connectivity index (χ1n) is 5.01. The summed E-state index contributed by atoms with van der Waals surface area (Å²) >= 11 is 7.66. The fourth-order valence-electron chi connectivity index (χ4n) is 1.25.